The Morgan fingerprint density at radius 3 is 2.42 bits per heavy atom. The lowest BCUT2D eigenvalue weighted by molar-refractivity contribution is 0.0659. The maximum absolute atomic E-state index is 12.1. The first-order valence-corrected chi connectivity index (χ1v) is 7.55. The Morgan fingerprint density at radius 2 is 1.83 bits per heavy atom. The number of aryl methyl sites for hydroxylation is 1. The fourth-order valence-corrected chi connectivity index (χ4v) is 2.07. The number of carbonyl (C=O) groups is 2. The van der Waals surface area contributed by atoms with Crippen molar-refractivity contribution in [2.75, 3.05) is 0 Å². The van der Waals surface area contributed by atoms with Crippen LogP contribution in [0.2, 0.25) is 0 Å². The largest absolute Gasteiger partial charge is 0.488 e. The SMILES string of the molecule is Cc1ccc(CNC(=O)c2ccc(C(=O)O)o2)c(OC(C)(C)C)c1. The Hall–Kier alpha value is -2.76. The summed E-state index contributed by atoms with van der Waals surface area (Å²) in [6, 6.07) is 8.33. The molecule has 2 N–H and O–H groups in total. The maximum Gasteiger partial charge on any atom is 0.371 e. The summed E-state index contributed by atoms with van der Waals surface area (Å²) >= 11 is 0. The minimum atomic E-state index is -1.21. The normalized spacial score (nSPS) is 11.2. The molecule has 0 saturated heterocycles. The van der Waals surface area contributed by atoms with Crippen LogP contribution < -0.4 is 10.1 Å². The summed E-state index contributed by atoms with van der Waals surface area (Å²) in [5.41, 5.74) is 1.53. The van der Waals surface area contributed by atoms with Crippen LogP contribution in [0.25, 0.3) is 0 Å². The van der Waals surface area contributed by atoms with Gasteiger partial charge >= 0.3 is 5.97 Å². The number of furan rings is 1. The Morgan fingerprint density at radius 1 is 1.17 bits per heavy atom. The van der Waals surface area contributed by atoms with Gasteiger partial charge in [0.25, 0.3) is 5.91 Å². The molecule has 0 radical (unpaired) electrons. The number of rotatable bonds is 5. The van der Waals surface area contributed by atoms with E-state index in [1.54, 1.807) is 0 Å². The molecule has 0 aliphatic heterocycles. The number of nitrogens with one attached hydrogen (secondary N) is 1. The van der Waals surface area contributed by atoms with Crippen LogP contribution in [0.1, 0.15) is 53.0 Å². The second-order valence-corrected chi connectivity index (χ2v) is 6.48. The molecule has 2 aromatic rings. The molecular formula is C18H21NO5. The zero-order chi connectivity index (χ0) is 17.9. The van der Waals surface area contributed by atoms with Crippen molar-refractivity contribution < 1.29 is 23.8 Å². The van der Waals surface area contributed by atoms with Gasteiger partial charge in [0.15, 0.2) is 5.76 Å². The zero-order valence-corrected chi connectivity index (χ0v) is 14.2. The van der Waals surface area contributed by atoms with Crippen molar-refractivity contribution in [1.29, 1.82) is 0 Å². The van der Waals surface area contributed by atoms with Crippen LogP contribution in [0.15, 0.2) is 34.7 Å². The highest BCUT2D eigenvalue weighted by molar-refractivity contribution is 5.93. The first kappa shape index (κ1) is 17.6. The number of hydrogen-bond acceptors (Lipinski definition) is 4. The van der Waals surface area contributed by atoms with Gasteiger partial charge in [-0.05, 0) is 51.5 Å². The molecule has 128 valence electrons. The third-order valence-electron chi connectivity index (χ3n) is 3.12. The molecule has 24 heavy (non-hydrogen) atoms. The number of carboxylic acids is 1. The fraction of sp³-hybridized carbons (Fsp3) is 0.333. The number of hydrogen-bond donors (Lipinski definition) is 2. The fourth-order valence-electron chi connectivity index (χ4n) is 2.07. The van der Waals surface area contributed by atoms with Crippen molar-refractivity contribution in [3.63, 3.8) is 0 Å². The summed E-state index contributed by atoms with van der Waals surface area (Å²) in [6.07, 6.45) is 0. The summed E-state index contributed by atoms with van der Waals surface area (Å²) in [5, 5.41) is 11.5. The van der Waals surface area contributed by atoms with E-state index in [0.717, 1.165) is 11.1 Å². The van der Waals surface area contributed by atoms with Gasteiger partial charge in [0.05, 0.1) is 0 Å². The van der Waals surface area contributed by atoms with Gasteiger partial charge in [0.2, 0.25) is 5.76 Å². The highest BCUT2D eigenvalue weighted by Crippen LogP contribution is 2.24. The van der Waals surface area contributed by atoms with E-state index in [2.05, 4.69) is 5.32 Å². The molecule has 0 unspecified atom stereocenters. The Kier molecular flexibility index (Phi) is 4.97. The van der Waals surface area contributed by atoms with Crippen LogP contribution in [0.4, 0.5) is 0 Å². The quantitative estimate of drug-likeness (QED) is 0.876. The second-order valence-electron chi connectivity index (χ2n) is 6.48. The van der Waals surface area contributed by atoms with E-state index in [0.29, 0.717) is 5.75 Å². The predicted octanol–water partition coefficient (Wildman–Crippen LogP) is 3.39. The standard InChI is InChI=1S/C18H21NO5/c1-11-5-6-12(15(9-11)24-18(2,3)4)10-19-16(20)13-7-8-14(23-13)17(21)22/h5-9H,10H2,1-4H3,(H,19,20)(H,21,22). The lowest BCUT2D eigenvalue weighted by Crippen LogP contribution is -2.26. The van der Waals surface area contributed by atoms with E-state index in [9.17, 15) is 9.59 Å². The Labute approximate surface area is 140 Å². The van der Waals surface area contributed by atoms with Gasteiger partial charge in [-0.25, -0.2) is 4.79 Å². The molecule has 1 heterocycles. The molecule has 2 rings (SSSR count). The van der Waals surface area contributed by atoms with Crippen molar-refractivity contribution in [2.24, 2.45) is 0 Å². The van der Waals surface area contributed by atoms with E-state index >= 15 is 0 Å². The minimum Gasteiger partial charge on any atom is -0.488 e. The predicted molar refractivity (Wildman–Crippen MR) is 88.4 cm³/mol. The van der Waals surface area contributed by atoms with Crippen LogP contribution in [0.5, 0.6) is 5.75 Å². The average Bonchev–Trinajstić information content (AvgIpc) is 2.94. The van der Waals surface area contributed by atoms with Gasteiger partial charge < -0.3 is 19.6 Å². The monoisotopic (exact) mass is 331 g/mol. The highest BCUT2D eigenvalue weighted by atomic mass is 16.5. The molecule has 0 aliphatic rings. The van der Waals surface area contributed by atoms with Crippen molar-refractivity contribution in [1.82, 2.24) is 5.32 Å². The summed E-state index contributed by atoms with van der Waals surface area (Å²) in [6.45, 7) is 8.07. The van der Waals surface area contributed by atoms with Crippen molar-refractivity contribution in [3.05, 3.63) is 53.0 Å². The van der Waals surface area contributed by atoms with Gasteiger partial charge in [-0.1, -0.05) is 12.1 Å². The van der Waals surface area contributed by atoms with Crippen LogP contribution in [-0.4, -0.2) is 22.6 Å². The first-order valence-electron chi connectivity index (χ1n) is 7.55. The molecule has 0 aliphatic carbocycles. The molecule has 1 aromatic carbocycles. The first-order chi connectivity index (χ1) is 11.2. The molecule has 6 heteroatoms. The lowest BCUT2D eigenvalue weighted by Gasteiger charge is -2.23. The number of amides is 1. The number of aromatic carboxylic acids is 1. The van der Waals surface area contributed by atoms with E-state index in [4.69, 9.17) is 14.3 Å². The second kappa shape index (κ2) is 6.78. The molecular weight excluding hydrogens is 310 g/mol. The van der Waals surface area contributed by atoms with Gasteiger partial charge in [0.1, 0.15) is 11.4 Å². The van der Waals surface area contributed by atoms with Crippen molar-refractivity contribution in [3.8, 4) is 5.75 Å². The van der Waals surface area contributed by atoms with Gasteiger partial charge in [-0.2, -0.15) is 0 Å². The topological polar surface area (TPSA) is 88.8 Å². The summed E-state index contributed by atoms with van der Waals surface area (Å²) < 4.78 is 10.9. The molecule has 6 nitrogen and oxygen atoms in total. The summed E-state index contributed by atoms with van der Waals surface area (Å²) in [5.74, 6) is -1.31. The van der Waals surface area contributed by atoms with Crippen molar-refractivity contribution in [2.45, 2.75) is 39.8 Å². The average molecular weight is 331 g/mol. The number of carbonyl (C=O) groups excluding carboxylic acids is 1. The van der Waals surface area contributed by atoms with Gasteiger partial charge in [0, 0.05) is 12.1 Å². The zero-order valence-electron chi connectivity index (χ0n) is 14.2. The maximum atomic E-state index is 12.1. The van der Waals surface area contributed by atoms with Crippen LogP contribution in [0.3, 0.4) is 0 Å². The molecule has 0 spiro atoms. The lowest BCUT2D eigenvalue weighted by atomic mass is 10.1. The summed E-state index contributed by atoms with van der Waals surface area (Å²) in [4.78, 5) is 22.9. The minimum absolute atomic E-state index is 0.0437. The molecule has 0 bridgehead atoms. The van der Waals surface area contributed by atoms with E-state index < -0.39 is 11.9 Å². The Bertz CT molecular complexity index is 755. The van der Waals surface area contributed by atoms with E-state index in [1.807, 2.05) is 45.9 Å². The number of ether oxygens (including phenoxy) is 1. The molecule has 1 amide bonds. The van der Waals surface area contributed by atoms with Crippen LogP contribution in [0, 0.1) is 6.92 Å². The van der Waals surface area contributed by atoms with E-state index in [1.165, 1.54) is 12.1 Å². The Balaban J connectivity index is 2.10. The van der Waals surface area contributed by atoms with Gasteiger partial charge in [-0.15, -0.1) is 0 Å². The van der Waals surface area contributed by atoms with Crippen LogP contribution >= 0.6 is 0 Å². The number of benzene rings is 1. The smallest absolute Gasteiger partial charge is 0.371 e. The third-order valence-corrected chi connectivity index (χ3v) is 3.12. The molecule has 1 aromatic heterocycles. The van der Waals surface area contributed by atoms with E-state index in [-0.39, 0.29) is 23.7 Å². The number of carboxylic acid groups (broad SMARTS) is 1. The third kappa shape index (κ3) is 4.62. The van der Waals surface area contributed by atoms with Crippen LogP contribution in [-0.2, 0) is 6.54 Å². The highest BCUT2D eigenvalue weighted by Gasteiger charge is 2.17. The summed E-state index contributed by atoms with van der Waals surface area (Å²) in [7, 11) is 0. The van der Waals surface area contributed by atoms with Crippen molar-refractivity contribution >= 4 is 11.9 Å². The molecule has 0 saturated carbocycles. The molecule has 0 atom stereocenters. The molecule has 0 fully saturated rings. The van der Waals surface area contributed by atoms with Gasteiger partial charge in [-0.3, -0.25) is 4.79 Å².